The van der Waals surface area contributed by atoms with Crippen LogP contribution in [0.4, 0.5) is 0 Å². The highest BCUT2D eigenvalue weighted by atomic mass is 16.4. The summed E-state index contributed by atoms with van der Waals surface area (Å²) < 4.78 is 0. The molecule has 0 heterocycles. The van der Waals surface area contributed by atoms with Crippen LogP contribution in [0.25, 0.3) is 0 Å². The molecule has 0 radical (unpaired) electrons. The zero-order chi connectivity index (χ0) is 24.2. The second-order valence-corrected chi connectivity index (χ2v) is 8.75. The summed E-state index contributed by atoms with van der Waals surface area (Å²) in [7, 11) is 0. The highest BCUT2D eigenvalue weighted by molar-refractivity contribution is 5.87. The standard InChI is InChI=1S/C11H24O2.2C7H6O2/c1-7(2)9(12)8(3)10(13)11(4,5)6;2*8-7(9)6-4-2-1-3-5-6/h7-10,12-13H,1-6H3;2*1-5H,(H,8,9). The van der Waals surface area contributed by atoms with E-state index in [1.165, 1.54) is 0 Å². The number of hydrogen-bond donors (Lipinski definition) is 4. The minimum atomic E-state index is -0.879. The number of aliphatic hydroxyl groups excluding tert-OH is 2. The van der Waals surface area contributed by atoms with E-state index >= 15 is 0 Å². The lowest BCUT2D eigenvalue weighted by Gasteiger charge is -2.34. The largest absolute Gasteiger partial charge is 0.478 e. The predicted molar refractivity (Wildman–Crippen MR) is 122 cm³/mol. The summed E-state index contributed by atoms with van der Waals surface area (Å²) in [5.41, 5.74) is 0.505. The van der Waals surface area contributed by atoms with Crippen molar-refractivity contribution in [1.82, 2.24) is 0 Å². The van der Waals surface area contributed by atoms with Crippen molar-refractivity contribution in [3.05, 3.63) is 71.8 Å². The maximum atomic E-state index is 10.2. The SMILES string of the molecule is CC(C)C(O)C(C)C(O)C(C)(C)C.O=C(O)c1ccccc1.O=C(O)c1ccccc1. The van der Waals surface area contributed by atoms with Gasteiger partial charge in [0, 0.05) is 5.92 Å². The zero-order valence-corrected chi connectivity index (χ0v) is 19.2. The van der Waals surface area contributed by atoms with Gasteiger partial charge in [0.1, 0.15) is 0 Å². The number of aromatic carboxylic acids is 2. The average molecular weight is 433 g/mol. The van der Waals surface area contributed by atoms with Gasteiger partial charge in [0.15, 0.2) is 0 Å². The highest BCUT2D eigenvalue weighted by Crippen LogP contribution is 2.28. The number of carboxylic acid groups (broad SMARTS) is 2. The van der Waals surface area contributed by atoms with Crippen molar-refractivity contribution in [3.8, 4) is 0 Å². The molecule has 31 heavy (non-hydrogen) atoms. The molecule has 172 valence electrons. The molecule has 0 spiro atoms. The van der Waals surface area contributed by atoms with Crippen LogP contribution in [0.3, 0.4) is 0 Å². The Kier molecular flexibility index (Phi) is 12.4. The molecule has 6 nitrogen and oxygen atoms in total. The number of hydrogen-bond acceptors (Lipinski definition) is 4. The quantitative estimate of drug-likeness (QED) is 0.539. The lowest BCUT2D eigenvalue weighted by Crippen LogP contribution is -2.40. The van der Waals surface area contributed by atoms with Crippen molar-refractivity contribution in [2.45, 2.75) is 53.8 Å². The molecule has 0 aliphatic heterocycles. The maximum absolute atomic E-state index is 10.2. The summed E-state index contributed by atoms with van der Waals surface area (Å²) in [6.45, 7) is 11.8. The molecule has 3 atom stereocenters. The Bertz CT molecular complexity index is 716. The maximum Gasteiger partial charge on any atom is 0.335 e. The van der Waals surface area contributed by atoms with Crippen LogP contribution in [0.2, 0.25) is 0 Å². The van der Waals surface area contributed by atoms with Crippen molar-refractivity contribution >= 4 is 11.9 Å². The first-order valence-electron chi connectivity index (χ1n) is 10.2. The summed E-state index contributed by atoms with van der Waals surface area (Å²) >= 11 is 0. The molecule has 0 saturated heterocycles. The van der Waals surface area contributed by atoms with Crippen LogP contribution in [-0.4, -0.2) is 44.6 Å². The molecule has 0 amide bonds. The Morgan fingerprint density at radius 3 is 1.23 bits per heavy atom. The first-order valence-corrected chi connectivity index (χ1v) is 10.2. The monoisotopic (exact) mass is 432 g/mol. The molecule has 3 unspecified atom stereocenters. The lowest BCUT2D eigenvalue weighted by molar-refractivity contribution is -0.0501. The Labute approximate surface area is 185 Å². The summed E-state index contributed by atoms with van der Waals surface area (Å²) in [6, 6.07) is 16.6. The van der Waals surface area contributed by atoms with Crippen molar-refractivity contribution < 1.29 is 30.0 Å². The molecule has 0 aliphatic carbocycles. The van der Waals surface area contributed by atoms with E-state index in [0.29, 0.717) is 11.1 Å². The third-order valence-electron chi connectivity index (χ3n) is 4.65. The van der Waals surface area contributed by atoms with Crippen molar-refractivity contribution in [2.75, 3.05) is 0 Å². The third kappa shape index (κ3) is 11.3. The molecule has 0 saturated carbocycles. The molecule has 4 N–H and O–H groups in total. The van der Waals surface area contributed by atoms with Gasteiger partial charge in [-0.15, -0.1) is 0 Å². The fourth-order valence-corrected chi connectivity index (χ4v) is 2.74. The lowest BCUT2D eigenvalue weighted by atomic mass is 9.78. The average Bonchev–Trinajstić information content (AvgIpc) is 2.73. The molecule has 0 aromatic heterocycles. The fraction of sp³-hybridized carbons (Fsp3) is 0.440. The number of carbonyl (C=O) groups is 2. The van der Waals surface area contributed by atoms with E-state index in [1.54, 1.807) is 60.7 Å². The number of benzene rings is 2. The van der Waals surface area contributed by atoms with E-state index in [4.69, 9.17) is 10.2 Å². The smallest absolute Gasteiger partial charge is 0.335 e. The summed E-state index contributed by atoms with van der Waals surface area (Å²) in [6.07, 6.45) is -0.876. The Morgan fingerprint density at radius 2 is 1.03 bits per heavy atom. The van der Waals surface area contributed by atoms with Gasteiger partial charge in [0.05, 0.1) is 23.3 Å². The van der Waals surface area contributed by atoms with E-state index in [-0.39, 0.29) is 17.3 Å². The van der Waals surface area contributed by atoms with Gasteiger partial charge in [0.25, 0.3) is 0 Å². The molecular weight excluding hydrogens is 396 g/mol. The van der Waals surface area contributed by atoms with Gasteiger partial charge < -0.3 is 20.4 Å². The van der Waals surface area contributed by atoms with Crippen LogP contribution in [0.1, 0.15) is 62.3 Å². The van der Waals surface area contributed by atoms with Gasteiger partial charge in [-0.25, -0.2) is 9.59 Å². The summed E-state index contributed by atoms with van der Waals surface area (Å²) in [5, 5.41) is 36.5. The van der Waals surface area contributed by atoms with Crippen LogP contribution in [0, 0.1) is 17.3 Å². The molecule has 2 aromatic carbocycles. The molecular formula is C25H36O6. The first kappa shape index (κ1) is 28.3. The number of aliphatic hydroxyl groups is 2. The number of rotatable bonds is 5. The Balaban J connectivity index is 0.000000445. The second-order valence-electron chi connectivity index (χ2n) is 8.75. The first-order chi connectivity index (χ1) is 14.3. The van der Waals surface area contributed by atoms with Crippen molar-refractivity contribution in [1.29, 1.82) is 0 Å². The molecule has 0 fully saturated rings. The predicted octanol–water partition coefficient (Wildman–Crippen LogP) is 4.82. The molecule has 2 rings (SSSR count). The second kappa shape index (κ2) is 13.6. The third-order valence-corrected chi connectivity index (χ3v) is 4.65. The van der Waals surface area contributed by atoms with E-state index in [9.17, 15) is 19.8 Å². The van der Waals surface area contributed by atoms with E-state index in [2.05, 4.69) is 0 Å². The van der Waals surface area contributed by atoms with Crippen LogP contribution in [0.15, 0.2) is 60.7 Å². The highest BCUT2D eigenvalue weighted by Gasteiger charge is 2.32. The summed E-state index contributed by atoms with van der Waals surface area (Å²) in [4.78, 5) is 20.4. The minimum absolute atomic E-state index is 0.0694. The van der Waals surface area contributed by atoms with Gasteiger partial charge in [-0.1, -0.05) is 77.9 Å². The van der Waals surface area contributed by atoms with E-state index in [0.717, 1.165) is 0 Å². The number of carboxylic acids is 2. The van der Waals surface area contributed by atoms with Gasteiger partial charge >= 0.3 is 11.9 Å². The van der Waals surface area contributed by atoms with Crippen molar-refractivity contribution in [3.63, 3.8) is 0 Å². The van der Waals surface area contributed by atoms with Crippen molar-refractivity contribution in [2.24, 2.45) is 17.3 Å². The molecule has 6 heteroatoms. The minimum Gasteiger partial charge on any atom is -0.478 e. The fourth-order valence-electron chi connectivity index (χ4n) is 2.74. The molecule has 0 aliphatic rings. The molecule has 0 bridgehead atoms. The van der Waals surface area contributed by atoms with Gasteiger partial charge in [0.2, 0.25) is 0 Å². The van der Waals surface area contributed by atoms with Crippen LogP contribution in [-0.2, 0) is 0 Å². The van der Waals surface area contributed by atoms with Crippen LogP contribution >= 0.6 is 0 Å². The van der Waals surface area contributed by atoms with E-state index < -0.39 is 24.1 Å². The van der Waals surface area contributed by atoms with Crippen LogP contribution in [0.5, 0.6) is 0 Å². The normalized spacial score (nSPS) is 13.6. The van der Waals surface area contributed by atoms with Crippen LogP contribution < -0.4 is 0 Å². The summed E-state index contributed by atoms with van der Waals surface area (Å²) in [5.74, 6) is -1.63. The van der Waals surface area contributed by atoms with Gasteiger partial charge in [-0.05, 0) is 35.6 Å². The topological polar surface area (TPSA) is 115 Å². The van der Waals surface area contributed by atoms with Gasteiger partial charge in [-0.2, -0.15) is 0 Å². The van der Waals surface area contributed by atoms with Gasteiger partial charge in [-0.3, -0.25) is 0 Å². The zero-order valence-electron chi connectivity index (χ0n) is 19.2. The Hall–Kier alpha value is -2.70. The van der Waals surface area contributed by atoms with E-state index in [1.807, 2.05) is 41.5 Å². The Morgan fingerprint density at radius 1 is 0.710 bits per heavy atom. The molecule has 2 aromatic rings.